The Morgan fingerprint density at radius 3 is 3.00 bits per heavy atom. The lowest BCUT2D eigenvalue weighted by Crippen LogP contribution is -2.30. The highest BCUT2D eigenvalue weighted by atomic mass is 16.2. The molecule has 1 unspecified atom stereocenters. The van der Waals surface area contributed by atoms with Crippen molar-refractivity contribution >= 4 is 5.91 Å². The molecule has 0 bridgehead atoms. The summed E-state index contributed by atoms with van der Waals surface area (Å²) in [6.45, 7) is 2.36. The molecule has 0 saturated carbocycles. The summed E-state index contributed by atoms with van der Waals surface area (Å²) < 4.78 is 1.52. The van der Waals surface area contributed by atoms with Crippen LogP contribution in [0.1, 0.15) is 31.6 Å². The molecule has 2 rings (SSSR count). The van der Waals surface area contributed by atoms with Crippen LogP contribution in [-0.4, -0.2) is 20.4 Å². The van der Waals surface area contributed by atoms with Crippen LogP contribution in [0.2, 0.25) is 0 Å². The molecular formula is C14H18N4O2. The van der Waals surface area contributed by atoms with Gasteiger partial charge in [-0.15, -0.1) is 0 Å². The van der Waals surface area contributed by atoms with Gasteiger partial charge in [-0.2, -0.15) is 0 Å². The van der Waals surface area contributed by atoms with Gasteiger partial charge in [0.1, 0.15) is 5.82 Å². The van der Waals surface area contributed by atoms with Crippen LogP contribution in [0.15, 0.2) is 41.6 Å². The van der Waals surface area contributed by atoms with Crippen LogP contribution < -0.4 is 10.9 Å². The summed E-state index contributed by atoms with van der Waals surface area (Å²) in [5, 5.41) is 2.91. The highest BCUT2D eigenvalue weighted by molar-refractivity contribution is 5.76. The lowest BCUT2D eigenvalue weighted by Gasteiger charge is -2.14. The van der Waals surface area contributed by atoms with Gasteiger partial charge in [-0.3, -0.25) is 9.59 Å². The SMILES string of the molecule is CCC(NC(=O)CCn1ccccc1=O)c1ncc[nH]1. The molecule has 106 valence electrons. The van der Waals surface area contributed by atoms with Crippen LogP contribution >= 0.6 is 0 Å². The molecule has 1 amide bonds. The van der Waals surface area contributed by atoms with Gasteiger partial charge < -0.3 is 14.9 Å². The Balaban J connectivity index is 1.89. The van der Waals surface area contributed by atoms with Gasteiger partial charge >= 0.3 is 0 Å². The smallest absolute Gasteiger partial charge is 0.250 e. The number of rotatable bonds is 6. The van der Waals surface area contributed by atoms with Gasteiger partial charge in [0.05, 0.1) is 6.04 Å². The average molecular weight is 274 g/mol. The van der Waals surface area contributed by atoms with Crippen LogP contribution in [-0.2, 0) is 11.3 Å². The van der Waals surface area contributed by atoms with Crippen molar-refractivity contribution in [2.75, 3.05) is 0 Å². The van der Waals surface area contributed by atoms with Crippen molar-refractivity contribution < 1.29 is 4.79 Å². The molecule has 6 nitrogen and oxygen atoms in total. The standard InChI is InChI=1S/C14H18N4O2/c1-2-11(14-15-7-8-16-14)17-12(19)6-10-18-9-4-3-5-13(18)20/h3-5,7-9,11H,2,6,10H2,1H3,(H,15,16)(H,17,19). The van der Waals surface area contributed by atoms with E-state index in [1.807, 2.05) is 6.92 Å². The average Bonchev–Trinajstić information content (AvgIpc) is 2.98. The number of imidazole rings is 1. The van der Waals surface area contributed by atoms with Crippen LogP contribution in [0.4, 0.5) is 0 Å². The van der Waals surface area contributed by atoms with Crippen LogP contribution in [0.5, 0.6) is 0 Å². The summed E-state index contributed by atoms with van der Waals surface area (Å²) >= 11 is 0. The second-order valence-electron chi connectivity index (χ2n) is 4.49. The second kappa shape index (κ2) is 6.70. The molecule has 0 aliphatic rings. The quantitative estimate of drug-likeness (QED) is 0.831. The van der Waals surface area contributed by atoms with E-state index in [0.29, 0.717) is 6.54 Å². The predicted octanol–water partition coefficient (Wildman–Crippen LogP) is 1.23. The minimum Gasteiger partial charge on any atom is -0.347 e. The highest BCUT2D eigenvalue weighted by Gasteiger charge is 2.14. The lowest BCUT2D eigenvalue weighted by molar-refractivity contribution is -0.122. The summed E-state index contributed by atoms with van der Waals surface area (Å²) in [6.07, 6.45) is 6.09. The third-order valence-electron chi connectivity index (χ3n) is 3.07. The van der Waals surface area contributed by atoms with E-state index in [1.165, 1.54) is 10.6 Å². The first-order chi connectivity index (χ1) is 9.70. The third-order valence-corrected chi connectivity index (χ3v) is 3.07. The largest absolute Gasteiger partial charge is 0.347 e. The number of aromatic nitrogens is 3. The first-order valence-corrected chi connectivity index (χ1v) is 6.65. The summed E-state index contributed by atoms with van der Waals surface area (Å²) in [5.74, 6) is 0.654. The van der Waals surface area contributed by atoms with Crippen LogP contribution in [0.25, 0.3) is 0 Å². The van der Waals surface area contributed by atoms with E-state index in [2.05, 4.69) is 15.3 Å². The number of aryl methyl sites for hydroxylation is 1. The molecule has 0 saturated heterocycles. The molecule has 20 heavy (non-hydrogen) atoms. The molecule has 2 aromatic rings. The molecule has 0 aliphatic carbocycles. The van der Waals surface area contributed by atoms with Gasteiger partial charge in [-0.1, -0.05) is 13.0 Å². The minimum atomic E-state index is -0.120. The van der Waals surface area contributed by atoms with Crippen molar-refractivity contribution in [3.63, 3.8) is 0 Å². The molecule has 0 aliphatic heterocycles. The number of H-pyrrole nitrogens is 1. The summed E-state index contributed by atoms with van der Waals surface area (Å²) in [6, 6.07) is 4.82. The Morgan fingerprint density at radius 2 is 2.35 bits per heavy atom. The predicted molar refractivity (Wildman–Crippen MR) is 75.1 cm³/mol. The molecule has 0 spiro atoms. The topological polar surface area (TPSA) is 79.8 Å². The van der Waals surface area contributed by atoms with Crippen molar-refractivity contribution in [2.24, 2.45) is 0 Å². The van der Waals surface area contributed by atoms with Gasteiger partial charge in [0.15, 0.2) is 0 Å². The van der Waals surface area contributed by atoms with Crippen molar-refractivity contribution in [1.82, 2.24) is 19.9 Å². The van der Waals surface area contributed by atoms with E-state index in [-0.39, 0.29) is 23.9 Å². The lowest BCUT2D eigenvalue weighted by atomic mass is 10.2. The zero-order valence-corrected chi connectivity index (χ0v) is 11.4. The first kappa shape index (κ1) is 14.0. The molecule has 0 radical (unpaired) electrons. The molecule has 2 heterocycles. The Kier molecular flexibility index (Phi) is 4.70. The summed E-state index contributed by atoms with van der Waals surface area (Å²) in [4.78, 5) is 30.6. The number of amides is 1. The summed E-state index contributed by atoms with van der Waals surface area (Å²) in [7, 11) is 0. The Bertz CT molecular complexity index is 604. The Hall–Kier alpha value is -2.37. The highest BCUT2D eigenvalue weighted by Crippen LogP contribution is 2.11. The van der Waals surface area contributed by atoms with Gasteiger partial charge in [0.2, 0.25) is 5.91 Å². The van der Waals surface area contributed by atoms with E-state index < -0.39 is 0 Å². The number of hydrogen-bond donors (Lipinski definition) is 2. The number of carbonyl (C=O) groups is 1. The number of carbonyl (C=O) groups excluding carboxylic acids is 1. The van der Waals surface area contributed by atoms with Crippen molar-refractivity contribution in [3.05, 3.63) is 53.0 Å². The Morgan fingerprint density at radius 1 is 1.50 bits per heavy atom. The molecule has 1 atom stereocenters. The second-order valence-corrected chi connectivity index (χ2v) is 4.49. The van der Waals surface area contributed by atoms with E-state index in [1.54, 1.807) is 30.7 Å². The number of hydrogen-bond acceptors (Lipinski definition) is 3. The van der Waals surface area contributed by atoms with Gasteiger partial charge in [0.25, 0.3) is 5.56 Å². The molecule has 2 aromatic heterocycles. The van der Waals surface area contributed by atoms with Crippen LogP contribution in [0.3, 0.4) is 0 Å². The fraction of sp³-hybridized carbons (Fsp3) is 0.357. The maximum Gasteiger partial charge on any atom is 0.250 e. The fourth-order valence-corrected chi connectivity index (χ4v) is 1.97. The Labute approximate surface area is 116 Å². The number of nitrogens with one attached hydrogen (secondary N) is 2. The molecule has 2 N–H and O–H groups in total. The number of pyridine rings is 1. The fourth-order valence-electron chi connectivity index (χ4n) is 1.97. The molecule has 6 heteroatoms. The maximum absolute atomic E-state index is 11.9. The van der Waals surface area contributed by atoms with Crippen molar-refractivity contribution in [2.45, 2.75) is 32.4 Å². The maximum atomic E-state index is 11.9. The van der Waals surface area contributed by atoms with Gasteiger partial charge in [0, 0.05) is 37.6 Å². The van der Waals surface area contributed by atoms with Crippen LogP contribution in [0, 0.1) is 0 Å². The molecule has 0 aromatic carbocycles. The van der Waals surface area contributed by atoms with Crippen molar-refractivity contribution in [3.8, 4) is 0 Å². The molecular weight excluding hydrogens is 256 g/mol. The van der Waals surface area contributed by atoms with E-state index in [0.717, 1.165) is 12.2 Å². The monoisotopic (exact) mass is 274 g/mol. The van der Waals surface area contributed by atoms with Gasteiger partial charge in [-0.05, 0) is 12.5 Å². The van der Waals surface area contributed by atoms with Crippen molar-refractivity contribution in [1.29, 1.82) is 0 Å². The first-order valence-electron chi connectivity index (χ1n) is 6.65. The van der Waals surface area contributed by atoms with E-state index in [9.17, 15) is 9.59 Å². The third kappa shape index (κ3) is 3.57. The van der Waals surface area contributed by atoms with Gasteiger partial charge in [-0.25, -0.2) is 4.98 Å². The van der Waals surface area contributed by atoms with E-state index in [4.69, 9.17) is 0 Å². The zero-order chi connectivity index (χ0) is 14.4. The normalized spacial score (nSPS) is 12.1. The number of nitrogens with zero attached hydrogens (tertiary/aromatic N) is 2. The summed E-state index contributed by atoms with van der Waals surface area (Å²) in [5.41, 5.74) is -0.0987. The minimum absolute atomic E-state index is 0.0935. The molecule has 0 fully saturated rings. The van der Waals surface area contributed by atoms with E-state index >= 15 is 0 Å². The number of aromatic amines is 1. The zero-order valence-electron chi connectivity index (χ0n) is 11.4.